The molecule has 3 aromatic carbocycles. The average molecular weight is 218 g/mol. The summed E-state index contributed by atoms with van der Waals surface area (Å²) in [4.78, 5) is 4.83. The molecule has 2 bridgehead atoms. The van der Waals surface area contributed by atoms with Gasteiger partial charge >= 0.3 is 0 Å². The Hall–Kier alpha value is -1.55. The Labute approximate surface area is 91.8 Å². The number of benzene rings is 3. The van der Waals surface area contributed by atoms with E-state index < -0.39 is 0 Å². The molecule has 4 heteroatoms. The fourth-order valence-corrected chi connectivity index (χ4v) is 1.92. The van der Waals surface area contributed by atoms with E-state index in [9.17, 15) is 0 Å². The fraction of sp³-hybridized carbons (Fsp3) is 0.0909. The van der Waals surface area contributed by atoms with Crippen LogP contribution in [0.15, 0.2) is 52.5 Å². The van der Waals surface area contributed by atoms with Crippen molar-refractivity contribution in [1.82, 2.24) is 10.1 Å². The van der Waals surface area contributed by atoms with Crippen molar-refractivity contribution in [2.75, 3.05) is 6.26 Å². The molecule has 0 saturated carbocycles. The van der Waals surface area contributed by atoms with E-state index in [-0.39, 0.29) is 0 Å². The second-order valence-corrected chi connectivity index (χ2v) is 3.76. The Bertz CT molecular complexity index is 458. The highest BCUT2D eigenvalue weighted by Gasteiger charge is 1.96. The normalized spacial score (nSPS) is 9.93. The molecule has 3 nitrogen and oxygen atoms in total. The summed E-state index contributed by atoms with van der Waals surface area (Å²) in [5.74, 6) is 0. The number of fused-ring (bicyclic) bond motifs is 3. The Kier molecular flexibility index (Phi) is 3.19. The molecule has 1 heterocycles. The predicted molar refractivity (Wildman–Crippen MR) is 61.2 cm³/mol. The van der Waals surface area contributed by atoms with Crippen LogP contribution in [-0.2, 0) is 0 Å². The van der Waals surface area contributed by atoms with Gasteiger partial charge in [0.2, 0.25) is 6.39 Å². The number of aromatic nitrogens is 2. The second-order valence-electron chi connectivity index (χ2n) is 2.92. The number of thioether (sulfide) groups is 1. The number of rotatable bonds is 1. The van der Waals surface area contributed by atoms with Crippen molar-refractivity contribution >= 4 is 22.5 Å². The van der Waals surface area contributed by atoms with E-state index in [1.54, 1.807) is 0 Å². The van der Waals surface area contributed by atoms with Gasteiger partial charge in [-0.2, -0.15) is 0 Å². The van der Waals surface area contributed by atoms with Crippen LogP contribution in [0.3, 0.4) is 0 Å². The van der Waals surface area contributed by atoms with Crippen molar-refractivity contribution in [2.45, 2.75) is 4.90 Å². The van der Waals surface area contributed by atoms with Crippen LogP contribution in [0.1, 0.15) is 0 Å². The van der Waals surface area contributed by atoms with Crippen LogP contribution in [-0.4, -0.2) is 16.4 Å². The number of hydrogen-bond donors (Lipinski definition) is 0. The van der Waals surface area contributed by atoms with Gasteiger partial charge in [0.1, 0.15) is 0 Å². The van der Waals surface area contributed by atoms with Crippen molar-refractivity contribution in [3.05, 3.63) is 43.1 Å². The van der Waals surface area contributed by atoms with Gasteiger partial charge in [-0.25, -0.2) is 4.98 Å². The molecule has 0 aliphatic rings. The first-order chi connectivity index (χ1) is 7.40. The second kappa shape index (κ2) is 4.79. The molecule has 0 saturated heterocycles. The van der Waals surface area contributed by atoms with Crippen LogP contribution >= 0.6 is 11.8 Å². The highest BCUT2D eigenvalue weighted by Crippen LogP contribution is 2.25. The number of nitrogens with zero attached hydrogens (tertiary/aromatic N) is 2. The third-order valence-corrected chi connectivity index (χ3v) is 2.79. The van der Waals surface area contributed by atoms with E-state index in [1.807, 2.05) is 11.8 Å². The molecule has 0 spiro atoms. The zero-order valence-corrected chi connectivity index (χ0v) is 9.07. The Morgan fingerprint density at radius 3 is 2.27 bits per heavy atom. The van der Waals surface area contributed by atoms with Gasteiger partial charge < -0.3 is 4.52 Å². The third-order valence-electron chi connectivity index (χ3n) is 2.00. The van der Waals surface area contributed by atoms with Crippen LogP contribution in [0.25, 0.3) is 10.8 Å². The summed E-state index contributed by atoms with van der Waals surface area (Å²) in [6.07, 6.45) is 4.71. The third kappa shape index (κ3) is 2.47. The smallest absolute Gasteiger partial charge is 0.213 e. The van der Waals surface area contributed by atoms with Gasteiger partial charge in [0.15, 0.2) is 6.33 Å². The van der Waals surface area contributed by atoms with Crippen LogP contribution in [0, 0.1) is 0 Å². The van der Waals surface area contributed by atoms with Gasteiger partial charge in [-0.3, -0.25) is 0 Å². The zero-order valence-electron chi connectivity index (χ0n) is 8.25. The lowest BCUT2D eigenvalue weighted by Gasteiger charge is -2.02. The van der Waals surface area contributed by atoms with Crippen molar-refractivity contribution in [3.8, 4) is 0 Å². The first-order valence-corrected chi connectivity index (χ1v) is 5.68. The molecule has 4 aromatic rings. The van der Waals surface area contributed by atoms with Crippen molar-refractivity contribution in [3.63, 3.8) is 0 Å². The van der Waals surface area contributed by atoms with E-state index in [0.717, 1.165) is 0 Å². The summed E-state index contributed by atoms with van der Waals surface area (Å²) in [7, 11) is 0. The molecule has 4 rings (SSSR count). The molecule has 0 fully saturated rings. The van der Waals surface area contributed by atoms with Gasteiger partial charge in [0, 0.05) is 4.90 Å². The molecule has 0 unspecified atom stereocenters. The minimum Gasteiger partial charge on any atom is -0.343 e. The van der Waals surface area contributed by atoms with E-state index in [0.29, 0.717) is 0 Å². The summed E-state index contributed by atoms with van der Waals surface area (Å²) in [5.41, 5.74) is 0. The average Bonchev–Trinajstić information content (AvgIpc) is 2.89. The lowest BCUT2D eigenvalue weighted by atomic mass is 10.1. The first kappa shape index (κ1) is 9.98. The van der Waals surface area contributed by atoms with Crippen LogP contribution < -0.4 is 0 Å². The van der Waals surface area contributed by atoms with E-state index in [4.69, 9.17) is 0 Å². The molecule has 0 aliphatic carbocycles. The SMILES string of the molecule is CSc1cc2ccc1cc2.c1ncon1. The zero-order chi connectivity index (χ0) is 10.5. The first-order valence-electron chi connectivity index (χ1n) is 4.45. The number of hydrogen-bond acceptors (Lipinski definition) is 4. The van der Waals surface area contributed by atoms with Crippen molar-refractivity contribution in [1.29, 1.82) is 0 Å². The molecule has 15 heavy (non-hydrogen) atoms. The maximum atomic E-state index is 4.22. The molecule has 0 aliphatic heterocycles. The van der Waals surface area contributed by atoms with Gasteiger partial charge in [-0.05, 0) is 23.1 Å². The van der Waals surface area contributed by atoms with Crippen LogP contribution in [0.2, 0.25) is 0 Å². The maximum absolute atomic E-state index is 4.22. The Morgan fingerprint density at radius 1 is 1.20 bits per heavy atom. The summed E-state index contributed by atoms with van der Waals surface area (Å²) in [5, 5.41) is 5.90. The lowest BCUT2D eigenvalue weighted by Crippen LogP contribution is -1.76. The monoisotopic (exact) mass is 218 g/mol. The van der Waals surface area contributed by atoms with E-state index >= 15 is 0 Å². The van der Waals surface area contributed by atoms with E-state index in [2.05, 4.69) is 51.3 Å². The molecule has 0 atom stereocenters. The summed E-state index contributed by atoms with van der Waals surface area (Å²) in [6.45, 7) is 0. The van der Waals surface area contributed by atoms with Crippen molar-refractivity contribution in [2.24, 2.45) is 0 Å². The highest BCUT2D eigenvalue weighted by molar-refractivity contribution is 7.98. The summed E-state index contributed by atoms with van der Waals surface area (Å²) in [6, 6.07) is 10.9. The highest BCUT2D eigenvalue weighted by atomic mass is 32.2. The summed E-state index contributed by atoms with van der Waals surface area (Å²) >= 11 is 1.81. The quantitative estimate of drug-likeness (QED) is 0.588. The Morgan fingerprint density at radius 2 is 2.00 bits per heavy atom. The molecular formula is C11H10N2OS. The largest absolute Gasteiger partial charge is 0.343 e. The fourth-order valence-electron chi connectivity index (χ4n) is 1.29. The topological polar surface area (TPSA) is 38.9 Å². The molecule has 76 valence electrons. The maximum Gasteiger partial charge on any atom is 0.213 e. The molecule has 0 N–H and O–H groups in total. The van der Waals surface area contributed by atoms with Gasteiger partial charge in [-0.15, -0.1) is 11.8 Å². The van der Waals surface area contributed by atoms with Crippen molar-refractivity contribution < 1.29 is 4.52 Å². The molecule has 0 radical (unpaired) electrons. The minimum atomic E-state index is 1.26. The Balaban J connectivity index is 0.000000144. The predicted octanol–water partition coefficient (Wildman–Crippen LogP) is 3.07. The molecule has 1 aromatic heterocycles. The molecular weight excluding hydrogens is 208 g/mol. The van der Waals surface area contributed by atoms with Gasteiger partial charge in [0.05, 0.1) is 0 Å². The molecule has 0 amide bonds. The van der Waals surface area contributed by atoms with E-state index in [1.165, 1.54) is 28.4 Å². The van der Waals surface area contributed by atoms with Crippen LogP contribution in [0.5, 0.6) is 0 Å². The van der Waals surface area contributed by atoms with Gasteiger partial charge in [0.25, 0.3) is 0 Å². The standard InChI is InChI=1S/C9H8S.C2H2N2O/c1-10-9-6-7-2-4-8(9)5-3-7;1-3-2-5-4-1/h2-6H,1H3;1-2H. The lowest BCUT2D eigenvalue weighted by molar-refractivity contribution is 0.416. The van der Waals surface area contributed by atoms with Gasteiger partial charge in [-0.1, -0.05) is 29.4 Å². The minimum absolute atomic E-state index is 1.26. The van der Waals surface area contributed by atoms with Crippen LogP contribution in [0.4, 0.5) is 0 Å². The summed E-state index contributed by atoms with van der Waals surface area (Å²) < 4.78 is 4.22.